The minimum Gasteiger partial charge on any atom is -0.497 e. The van der Waals surface area contributed by atoms with Crippen molar-refractivity contribution in [3.63, 3.8) is 0 Å². The average molecular weight is 249 g/mol. The number of ether oxygens (including phenoxy) is 2. The maximum atomic E-state index is 6.03. The molecule has 1 aliphatic rings. The van der Waals surface area contributed by atoms with Gasteiger partial charge in [0.25, 0.3) is 0 Å². The Bertz CT molecular complexity index is 419. The summed E-state index contributed by atoms with van der Waals surface area (Å²) in [6, 6.07) is 4.11. The summed E-state index contributed by atoms with van der Waals surface area (Å²) in [6.07, 6.45) is 4.57. The van der Waals surface area contributed by atoms with Gasteiger partial charge in [-0.2, -0.15) is 0 Å². The van der Waals surface area contributed by atoms with E-state index in [-0.39, 0.29) is 5.41 Å². The van der Waals surface area contributed by atoms with Crippen molar-refractivity contribution in [3.8, 4) is 11.5 Å². The summed E-state index contributed by atoms with van der Waals surface area (Å²) in [5.74, 6) is 1.78. The first kappa shape index (κ1) is 13.2. The quantitative estimate of drug-likeness (QED) is 0.872. The summed E-state index contributed by atoms with van der Waals surface area (Å²) >= 11 is 0. The van der Waals surface area contributed by atoms with Crippen LogP contribution in [-0.4, -0.2) is 20.8 Å². The van der Waals surface area contributed by atoms with Crippen molar-refractivity contribution < 1.29 is 9.47 Å². The van der Waals surface area contributed by atoms with Crippen LogP contribution in [0.2, 0.25) is 0 Å². The summed E-state index contributed by atoms with van der Waals surface area (Å²) in [4.78, 5) is 0. The highest BCUT2D eigenvalue weighted by molar-refractivity contribution is 5.51. The lowest BCUT2D eigenvalue weighted by Crippen LogP contribution is -2.42. The van der Waals surface area contributed by atoms with E-state index in [0.717, 1.165) is 17.9 Å². The molecule has 3 nitrogen and oxygen atoms in total. The van der Waals surface area contributed by atoms with Crippen LogP contribution in [0.25, 0.3) is 0 Å². The predicted molar refractivity (Wildman–Crippen MR) is 73.5 cm³/mol. The van der Waals surface area contributed by atoms with Crippen molar-refractivity contribution >= 4 is 0 Å². The third-order valence-corrected chi connectivity index (χ3v) is 4.26. The Morgan fingerprint density at radius 3 is 2.33 bits per heavy atom. The molecule has 0 aromatic heterocycles. The summed E-state index contributed by atoms with van der Waals surface area (Å²) in [6.45, 7) is 2.87. The Balaban J connectivity index is 2.56. The van der Waals surface area contributed by atoms with Gasteiger partial charge in [-0.1, -0.05) is 13.3 Å². The second kappa shape index (κ2) is 5.19. The third kappa shape index (κ3) is 1.97. The molecule has 0 heterocycles. The van der Waals surface area contributed by atoms with Crippen LogP contribution in [0.15, 0.2) is 12.1 Å². The molecule has 0 aliphatic heterocycles. The fraction of sp³-hybridized carbons (Fsp3) is 0.600. The standard InChI is InChI=1S/C15H23NO2/c1-4-12-13(15(10-16)6-5-7-15)8-11(17-2)9-14(12)18-3/h8-9H,4-7,10,16H2,1-3H3. The topological polar surface area (TPSA) is 44.5 Å². The lowest BCUT2D eigenvalue weighted by Gasteiger charge is -2.43. The second-order valence-corrected chi connectivity index (χ2v) is 5.05. The maximum absolute atomic E-state index is 6.03. The first-order valence-electron chi connectivity index (χ1n) is 6.66. The summed E-state index contributed by atoms with van der Waals surface area (Å²) in [7, 11) is 3.41. The zero-order valence-electron chi connectivity index (χ0n) is 11.6. The van der Waals surface area contributed by atoms with E-state index in [1.54, 1.807) is 14.2 Å². The molecule has 0 amide bonds. The molecule has 0 spiro atoms. The lowest BCUT2D eigenvalue weighted by molar-refractivity contribution is 0.249. The minimum absolute atomic E-state index is 0.146. The van der Waals surface area contributed by atoms with Crippen molar-refractivity contribution in [2.24, 2.45) is 5.73 Å². The molecule has 1 aliphatic carbocycles. The first-order chi connectivity index (χ1) is 8.70. The van der Waals surface area contributed by atoms with E-state index in [9.17, 15) is 0 Å². The van der Waals surface area contributed by atoms with Gasteiger partial charge in [0.05, 0.1) is 14.2 Å². The van der Waals surface area contributed by atoms with E-state index < -0.39 is 0 Å². The number of hydrogen-bond acceptors (Lipinski definition) is 3. The normalized spacial score (nSPS) is 17.1. The first-order valence-corrected chi connectivity index (χ1v) is 6.66. The molecule has 3 heteroatoms. The van der Waals surface area contributed by atoms with Crippen LogP contribution in [0, 0.1) is 0 Å². The van der Waals surface area contributed by atoms with Gasteiger partial charge in [-0.25, -0.2) is 0 Å². The van der Waals surface area contributed by atoms with Crippen LogP contribution in [0.1, 0.15) is 37.3 Å². The number of methoxy groups -OCH3 is 2. The van der Waals surface area contributed by atoms with Crippen LogP contribution < -0.4 is 15.2 Å². The van der Waals surface area contributed by atoms with Gasteiger partial charge in [0.1, 0.15) is 11.5 Å². The van der Waals surface area contributed by atoms with Gasteiger partial charge in [0.15, 0.2) is 0 Å². The summed E-state index contributed by atoms with van der Waals surface area (Å²) < 4.78 is 10.9. The Labute approximate surface area is 109 Å². The van der Waals surface area contributed by atoms with Crippen LogP contribution in [-0.2, 0) is 11.8 Å². The lowest BCUT2D eigenvalue weighted by atomic mass is 9.63. The van der Waals surface area contributed by atoms with Crippen molar-refractivity contribution in [1.29, 1.82) is 0 Å². The number of nitrogens with two attached hydrogens (primary N) is 1. The molecule has 1 fully saturated rings. The molecule has 0 unspecified atom stereocenters. The highest BCUT2D eigenvalue weighted by Gasteiger charge is 2.39. The molecule has 1 saturated carbocycles. The van der Waals surface area contributed by atoms with E-state index >= 15 is 0 Å². The van der Waals surface area contributed by atoms with Crippen molar-refractivity contribution in [1.82, 2.24) is 0 Å². The Morgan fingerprint density at radius 1 is 1.22 bits per heavy atom. The van der Waals surface area contributed by atoms with E-state index in [1.807, 2.05) is 6.07 Å². The van der Waals surface area contributed by atoms with Crippen molar-refractivity contribution in [2.75, 3.05) is 20.8 Å². The van der Waals surface area contributed by atoms with Gasteiger partial charge in [-0.15, -0.1) is 0 Å². The second-order valence-electron chi connectivity index (χ2n) is 5.05. The van der Waals surface area contributed by atoms with Crippen molar-refractivity contribution in [2.45, 2.75) is 38.0 Å². The molecule has 1 aromatic carbocycles. The van der Waals surface area contributed by atoms with Crippen LogP contribution >= 0.6 is 0 Å². The van der Waals surface area contributed by atoms with E-state index in [0.29, 0.717) is 6.54 Å². The molecule has 18 heavy (non-hydrogen) atoms. The average Bonchev–Trinajstić information content (AvgIpc) is 2.37. The van der Waals surface area contributed by atoms with E-state index in [4.69, 9.17) is 15.2 Å². The Morgan fingerprint density at radius 2 is 1.94 bits per heavy atom. The molecular weight excluding hydrogens is 226 g/mol. The molecule has 2 rings (SSSR count). The van der Waals surface area contributed by atoms with Crippen molar-refractivity contribution in [3.05, 3.63) is 23.3 Å². The van der Waals surface area contributed by atoms with Gasteiger partial charge < -0.3 is 15.2 Å². The number of benzene rings is 1. The van der Waals surface area contributed by atoms with E-state index in [2.05, 4.69) is 13.0 Å². The largest absolute Gasteiger partial charge is 0.497 e. The smallest absolute Gasteiger partial charge is 0.126 e. The Kier molecular flexibility index (Phi) is 3.81. The fourth-order valence-corrected chi connectivity index (χ4v) is 2.94. The summed E-state index contributed by atoms with van der Waals surface area (Å²) in [5.41, 5.74) is 8.78. The Hall–Kier alpha value is -1.22. The zero-order valence-corrected chi connectivity index (χ0v) is 11.6. The number of hydrogen-bond donors (Lipinski definition) is 1. The van der Waals surface area contributed by atoms with E-state index in [1.165, 1.54) is 30.4 Å². The molecule has 0 bridgehead atoms. The third-order valence-electron chi connectivity index (χ3n) is 4.26. The molecule has 0 atom stereocenters. The molecule has 1 aromatic rings. The molecular formula is C15H23NO2. The van der Waals surface area contributed by atoms with Gasteiger partial charge in [0.2, 0.25) is 0 Å². The SMILES string of the molecule is CCc1c(OC)cc(OC)cc1C1(CN)CCC1. The van der Waals surface area contributed by atoms with Gasteiger partial charge in [-0.3, -0.25) is 0 Å². The highest BCUT2D eigenvalue weighted by atomic mass is 16.5. The number of rotatable bonds is 5. The molecule has 2 N–H and O–H groups in total. The zero-order chi connectivity index (χ0) is 13.2. The summed E-state index contributed by atoms with van der Waals surface area (Å²) in [5, 5.41) is 0. The fourth-order valence-electron chi connectivity index (χ4n) is 2.94. The molecule has 0 saturated heterocycles. The molecule has 0 radical (unpaired) electrons. The van der Waals surface area contributed by atoms with Crippen LogP contribution in [0.5, 0.6) is 11.5 Å². The predicted octanol–water partition coefficient (Wildman–Crippen LogP) is 2.65. The molecule has 100 valence electrons. The highest BCUT2D eigenvalue weighted by Crippen LogP contribution is 2.47. The maximum Gasteiger partial charge on any atom is 0.126 e. The van der Waals surface area contributed by atoms with Gasteiger partial charge >= 0.3 is 0 Å². The van der Waals surface area contributed by atoms with Crippen LogP contribution in [0.4, 0.5) is 0 Å². The monoisotopic (exact) mass is 249 g/mol. The van der Waals surface area contributed by atoms with Crippen LogP contribution in [0.3, 0.4) is 0 Å². The van der Waals surface area contributed by atoms with Gasteiger partial charge in [0, 0.05) is 18.0 Å². The minimum atomic E-state index is 0.146. The van der Waals surface area contributed by atoms with Gasteiger partial charge in [-0.05, 0) is 36.5 Å².